The van der Waals surface area contributed by atoms with Crippen LogP contribution in [0, 0.1) is 0 Å². The number of rotatable bonds is 5. The first-order valence-corrected chi connectivity index (χ1v) is 17.8. The van der Waals surface area contributed by atoms with Crippen LogP contribution in [0.15, 0.2) is 176 Å². The normalized spacial score (nSPS) is 14.6. The molecule has 1 fully saturated rings. The van der Waals surface area contributed by atoms with Crippen molar-refractivity contribution in [1.82, 2.24) is 9.13 Å². The van der Waals surface area contributed by atoms with E-state index in [1.54, 1.807) is 0 Å². The van der Waals surface area contributed by atoms with Crippen LogP contribution in [0.4, 0.5) is 5.69 Å². The molecule has 9 aromatic rings. The smallest absolute Gasteiger partial charge is 0.0541 e. The Morgan fingerprint density at radius 1 is 0.320 bits per heavy atom. The van der Waals surface area contributed by atoms with Gasteiger partial charge in [0, 0.05) is 57.1 Å². The molecule has 10 rings (SSSR count). The predicted octanol–water partition coefficient (Wildman–Crippen LogP) is 11.5. The number of hydrogen-bond donors (Lipinski definition) is 0. The minimum Gasteiger partial charge on any atom is -0.371 e. The van der Waals surface area contributed by atoms with Gasteiger partial charge in [-0.1, -0.05) is 115 Å². The third kappa shape index (κ3) is 4.43. The van der Waals surface area contributed by atoms with Crippen molar-refractivity contribution in [3.63, 3.8) is 0 Å². The fraction of sp³-hybridized carbons (Fsp3) is 0.106. The van der Waals surface area contributed by atoms with E-state index in [1.807, 2.05) is 0 Å². The van der Waals surface area contributed by atoms with Gasteiger partial charge in [0.25, 0.3) is 0 Å². The largest absolute Gasteiger partial charge is 0.371 e. The van der Waals surface area contributed by atoms with Crippen LogP contribution in [0.1, 0.15) is 24.0 Å². The highest BCUT2D eigenvalue weighted by Crippen LogP contribution is 2.44. The van der Waals surface area contributed by atoms with Crippen LogP contribution in [0.2, 0.25) is 0 Å². The van der Waals surface area contributed by atoms with Crippen LogP contribution in [0.5, 0.6) is 0 Å². The minimum absolute atomic E-state index is 0.0933. The molecule has 50 heavy (non-hydrogen) atoms. The molecule has 0 atom stereocenters. The Labute approximate surface area is 292 Å². The van der Waals surface area contributed by atoms with Crippen LogP contribution in [-0.4, -0.2) is 22.2 Å². The molecule has 0 saturated carbocycles. The van der Waals surface area contributed by atoms with Gasteiger partial charge in [0.1, 0.15) is 0 Å². The Balaban J connectivity index is 1.07. The van der Waals surface area contributed by atoms with Crippen LogP contribution in [-0.2, 0) is 5.41 Å². The second kappa shape index (κ2) is 11.5. The maximum absolute atomic E-state index is 2.55. The van der Waals surface area contributed by atoms with Crippen LogP contribution in [0.3, 0.4) is 0 Å². The van der Waals surface area contributed by atoms with Gasteiger partial charge in [-0.2, -0.15) is 0 Å². The summed E-state index contributed by atoms with van der Waals surface area (Å²) in [6.45, 7) is 2.01. The second-order valence-electron chi connectivity index (χ2n) is 13.7. The molecular weight excluding hydrogens is 607 g/mol. The van der Waals surface area contributed by atoms with Gasteiger partial charge in [-0.15, -0.1) is 0 Å². The van der Waals surface area contributed by atoms with E-state index in [2.05, 4.69) is 190 Å². The molecule has 2 aromatic heterocycles. The molecule has 3 nitrogen and oxygen atoms in total. The van der Waals surface area contributed by atoms with E-state index < -0.39 is 0 Å². The maximum Gasteiger partial charge on any atom is 0.0541 e. The van der Waals surface area contributed by atoms with Crippen molar-refractivity contribution in [3.8, 4) is 11.4 Å². The number of hydrogen-bond acceptors (Lipinski definition) is 1. The van der Waals surface area contributed by atoms with Gasteiger partial charge in [-0.05, 0) is 84.6 Å². The molecule has 0 amide bonds. The van der Waals surface area contributed by atoms with Crippen molar-refractivity contribution >= 4 is 49.3 Å². The number of anilines is 1. The summed E-state index contributed by atoms with van der Waals surface area (Å²) in [5.74, 6) is 0. The fourth-order valence-corrected chi connectivity index (χ4v) is 8.79. The summed E-state index contributed by atoms with van der Waals surface area (Å²) >= 11 is 0. The number of aromatic nitrogens is 2. The Bertz CT molecular complexity index is 2370. The molecule has 1 aliphatic heterocycles. The lowest BCUT2D eigenvalue weighted by Gasteiger charge is -2.44. The zero-order valence-corrected chi connectivity index (χ0v) is 27.9. The molecule has 3 heterocycles. The summed E-state index contributed by atoms with van der Waals surface area (Å²) in [6.07, 6.45) is 2.09. The van der Waals surface area contributed by atoms with E-state index in [-0.39, 0.29) is 5.41 Å². The summed E-state index contributed by atoms with van der Waals surface area (Å²) in [6, 6.07) is 64.9. The summed E-state index contributed by atoms with van der Waals surface area (Å²) in [4.78, 5) is 2.55. The molecular formula is C47H37N3. The first-order chi connectivity index (χ1) is 24.8. The summed E-state index contributed by atoms with van der Waals surface area (Å²) in [7, 11) is 0. The number of nitrogens with zero attached hydrogens (tertiary/aromatic N) is 3. The molecule has 0 spiro atoms. The molecule has 0 aliphatic carbocycles. The number of piperidine rings is 1. The van der Waals surface area contributed by atoms with Crippen molar-refractivity contribution in [1.29, 1.82) is 0 Å². The number of fused-ring (bicyclic) bond motifs is 6. The molecule has 0 radical (unpaired) electrons. The first-order valence-electron chi connectivity index (χ1n) is 17.8. The fourth-order valence-electron chi connectivity index (χ4n) is 8.79. The van der Waals surface area contributed by atoms with Gasteiger partial charge in [-0.3, -0.25) is 0 Å². The van der Waals surface area contributed by atoms with Crippen LogP contribution >= 0.6 is 0 Å². The summed E-state index contributed by atoms with van der Waals surface area (Å²) < 4.78 is 4.83. The highest BCUT2D eigenvalue weighted by atomic mass is 15.1. The van der Waals surface area contributed by atoms with Gasteiger partial charge in [0.15, 0.2) is 0 Å². The zero-order chi connectivity index (χ0) is 33.1. The Hall–Kier alpha value is -6.06. The average Bonchev–Trinajstić information content (AvgIpc) is 3.72. The van der Waals surface area contributed by atoms with Gasteiger partial charge in [0.2, 0.25) is 0 Å². The van der Waals surface area contributed by atoms with Gasteiger partial charge in [0.05, 0.1) is 22.1 Å². The van der Waals surface area contributed by atoms with E-state index in [9.17, 15) is 0 Å². The highest BCUT2D eigenvalue weighted by molar-refractivity contribution is 6.10. The minimum atomic E-state index is -0.0933. The van der Waals surface area contributed by atoms with Crippen molar-refractivity contribution < 1.29 is 0 Å². The molecule has 240 valence electrons. The lowest BCUT2D eigenvalue weighted by molar-refractivity contribution is 0.392. The molecule has 3 heteroatoms. The Kier molecular flexibility index (Phi) is 6.67. The van der Waals surface area contributed by atoms with E-state index in [0.29, 0.717) is 0 Å². The quantitative estimate of drug-likeness (QED) is 0.182. The zero-order valence-electron chi connectivity index (χ0n) is 27.9. The Morgan fingerprint density at radius 2 is 0.660 bits per heavy atom. The molecule has 0 unspecified atom stereocenters. The first kappa shape index (κ1) is 28.9. The molecule has 1 aliphatic rings. The third-order valence-corrected chi connectivity index (χ3v) is 11.3. The molecule has 0 N–H and O–H groups in total. The van der Waals surface area contributed by atoms with E-state index in [1.165, 1.54) is 71.8 Å². The van der Waals surface area contributed by atoms with E-state index in [4.69, 9.17) is 0 Å². The molecule has 0 bridgehead atoms. The number of para-hydroxylation sites is 5. The van der Waals surface area contributed by atoms with Gasteiger partial charge >= 0.3 is 0 Å². The van der Waals surface area contributed by atoms with Gasteiger partial charge in [-0.25, -0.2) is 0 Å². The van der Waals surface area contributed by atoms with Crippen LogP contribution in [0.25, 0.3) is 55.0 Å². The average molecular weight is 644 g/mol. The van der Waals surface area contributed by atoms with E-state index >= 15 is 0 Å². The van der Waals surface area contributed by atoms with Gasteiger partial charge < -0.3 is 14.0 Å². The summed E-state index contributed by atoms with van der Waals surface area (Å²) in [5, 5.41) is 5.17. The monoisotopic (exact) mass is 643 g/mol. The maximum atomic E-state index is 2.55. The lowest BCUT2D eigenvalue weighted by Crippen LogP contribution is -2.43. The van der Waals surface area contributed by atoms with Crippen LogP contribution < -0.4 is 4.90 Å². The lowest BCUT2D eigenvalue weighted by atomic mass is 9.68. The van der Waals surface area contributed by atoms with Crippen molar-refractivity contribution in [2.75, 3.05) is 18.0 Å². The molecule has 1 saturated heterocycles. The highest BCUT2D eigenvalue weighted by Gasteiger charge is 2.38. The predicted molar refractivity (Wildman–Crippen MR) is 210 cm³/mol. The number of benzene rings is 7. The topological polar surface area (TPSA) is 13.1 Å². The standard InChI is InChI=1S/C47H37N3/c1-2-12-36(13-3-1)48-32-30-47(31-33-48,34-22-26-37(27-23-34)49-43-18-8-4-14-39(43)40-15-5-9-19-44(40)49)35-24-28-38(29-25-35)50-45-20-10-6-16-41(45)42-17-7-11-21-46(42)50/h1-29H,30-33H2. The molecule has 7 aromatic carbocycles. The van der Waals surface area contributed by atoms with E-state index in [0.717, 1.165) is 25.9 Å². The summed E-state index contributed by atoms with van der Waals surface area (Å²) in [5.41, 5.74) is 11.4. The SMILES string of the molecule is c1ccc(N2CCC(c3ccc(-n4c5ccccc5c5ccccc54)cc3)(c3ccc(-n4c5ccccc5c5ccccc54)cc3)CC2)cc1. The van der Waals surface area contributed by atoms with Crippen molar-refractivity contribution in [2.24, 2.45) is 0 Å². The van der Waals surface area contributed by atoms with Crippen molar-refractivity contribution in [2.45, 2.75) is 18.3 Å². The third-order valence-electron chi connectivity index (χ3n) is 11.3. The van der Waals surface area contributed by atoms with Crippen molar-refractivity contribution in [3.05, 3.63) is 187 Å². The Morgan fingerprint density at radius 3 is 1.04 bits per heavy atom. The second-order valence-corrected chi connectivity index (χ2v) is 13.7.